The zero-order chi connectivity index (χ0) is 14.4. The monoisotopic (exact) mass is 287 g/mol. The summed E-state index contributed by atoms with van der Waals surface area (Å²) in [6.07, 6.45) is 4.74. The number of fused-ring (bicyclic) bond motifs is 3. The highest BCUT2D eigenvalue weighted by atomic mass is 16.5. The first-order valence-electron chi connectivity index (χ1n) is 7.25. The highest BCUT2D eigenvalue weighted by molar-refractivity contribution is 5.98. The van der Waals surface area contributed by atoms with Gasteiger partial charge in [0.25, 0.3) is 0 Å². The molecule has 21 heavy (non-hydrogen) atoms. The van der Waals surface area contributed by atoms with E-state index in [4.69, 9.17) is 9.15 Å². The number of rotatable bonds is 2. The second-order valence-corrected chi connectivity index (χ2v) is 5.51. The molecule has 0 aliphatic carbocycles. The molecule has 2 unspecified atom stereocenters. The van der Waals surface area contributed by atoms with Crippen molar-refractivity contribution in [2.24, 2.45) is 0 Å². The zero-order valence-corrected chi connectivity index (χ0v) is 11.8. The summed E-state index contributed by atoms with van der Waals surface area (Å²) >= 11 is 0. The molecule has 3 aromatic rings. The molecule has 1 aliphatic rings. The lowest BCUT2D eigenvalue weighted by atomic mass is 10.1. The molecule has 1 fully saturated rings. The van der Waals surface area contributed by atoms with E-state index in [2.05, 4.69) is 14.5 Å². The molecular formula is C15H17N3O3. The van der Waals surface area contributed by atoms with Gasteiger partial charge >= 0.3 is 0 Å². The van der Waals surface area contributed by atoms with Crippen molar-refractivity contribution in [3.63, 3.8) is 0 Å². The molecule has 0 spiro atoms. The highest BCUT2D eigenvalue weighted by Crippen LogP contribution is 2.33. The maximum Gasteiger partial charge on any atom is 0.178 e. The van der Waals surface area contributed by atoms with E-state index in [-0.39, 0.29) is 6.04 Å². The first kappa shape index (κ1) is 12.8. The van der Waals surface area contributed by atoms with Crippen LogP contribution in [0.15, 0.2) is 22.9 Å². The molecule has 4 rings (SSSR count). The lowest BCUT2D eigenvalue weighted by molar-refractivity contribution is 0.0564. The Bertz CT molecular complexity index is 784. The summed E-state index contributed by atoms with van der Waals surface area (Å²) in [5, 5.41) is 10.1. The summed E-state index contributed by atoms with van der Waals surface area (Å²) in [7, 11) is 0. The summed E-state index contributed by atoms with van der Waals surface area (Å²) in [5.41, 5.74) is 3.17. The number of furan rings is 1. The Morgan fingerprint density at radius 2 is 2.33 bits per heavy atom. The Morgan fingerprint density at radius 1 is 1.43 bits per heavy atom. The van der Waals surface area contributed by atoms with Crippen LogP contribution in [-0.2, 0) is 4.74 Å². The quantitative estimate of drug-likeness (QED) is 0.784. The number of ether oxygens (including phenoxy) is 1. The van der Waals surface area contributed by atoms with Gasteiger partial charge < -0.3 is 18.8 Å². The van der Waals surface area contributed by atoms with Crippen molar-refractivity contribution in [3.8, 4) is 0 Å². The van der Waals surface area contributed by atoms with Gasteiger partial charge in [0, 0.05) is 12.7 Å². The van der Waals surface area contributed by atoms with Crippen LogP contribution < -0.4 is 0 Å². The van der Waals surface area contributed by atoms with Gasteiger partial charge in [0.15, 0.2) is 5.58 Å². The van der Waals surface area contributed by atoms with Gasteiger partial charge in [0.2, 0.25) is 0 Å². The van der Waals surface area contributed by atoms with E-state index in [1.807, 2.05) is 6.07 Å². The van der Waals surface area contributed by atoms with Crippen LogP contribution in [-0.4, -0.2) is 32.9 Å². The first-order chi connectivity index (χ1) is 10.3. The summed E-state index contributed by atoms with van der Waals surface area (Å²) in [6, 6.07) is 2.01. The van der Waals surface area contributed by atoms with Gasteiger partial charge in [0.1, 0.15) is 28.5 Å². The third-order valence-corrected chi connectivity index (χ3v) is 4.03. The average molecular weight is 287 g/mol. The lowest BCUT2D eigenvalue weighted by Gasteiger charge is -2.26. The van der Waals surface area contributed by atoms with Gasteiger partial charge in [-0.3, -0.25) is 4.98 Å². The van der Waals surface area contributed by atoms with Crippen LogP contribution in [0.25, 0.3) is 22.1 Å². The SMILES string of the molecule is CC(O)c1nc2cnc3ccoc3c2n1C1CCCOC1. The minimum absolute atomic E-state index is 0.170. The maximum absolute atomic E-state index is 10.1. The van der Waals surface area contributed by atoms with Crippen molar-refractivity contribution in [1.82, 2.24) is 14.5 Å². The van der Waals surface area contributed by atoms with E-state index in [0.29, 0.717) is 12.4 Å². The zero-order valence-electron chi connectivity index (χ0n) is 11.8. The van der Waals surface area contributed by atoms with Crippen LogP contribution >= 0.6 is 0 Å². The van der Waals surface area contributed by atoms with Gasteiger partial charge in [-0.15, -0.1) is 0 Å². The number of imidazole rings is 1. The minimum Gasteiger partial charge on any atom is -0.460 e. The van der Waals surface area contributed by atoms with Crippen LogP contribution in [0.1, 0.15) is 37.7 Å². The number of pyridine rings is 1. The molecule has 6 nitrogen and oxygen atoms in total. The molecule has 1 N–H and O–H groups in total. The molecule has 4 heterocycles. The van der Waals surface area contributed by atoms with E-state index < -0.39 is 6.10 Å². The molecule has 2 atom stereocenters. The molecule has 1 aliphatic heterocycles. The lowest BCUT2D eigenvalue weighted by Crippen LogP contribution is -2.23. The molecular weight excluding hydrogens is 270 g/mol. The standard InChI is InChI=1S/C15H17N3O3/c1-9(19)15-17-12-7-16-11-4-6-21-14(11)13(12)18(15)10-3-2-5-20-8-10/h4,6-7,9-10,19H,2-3,5,8H2,1H3. The Labute approximate surface area is 121 Å². The molecule has 0 aromatic carbocycles. The van der Waals surface area contributed by atoms with Gasteiger partial charge in [-0.25, -0.2) is 4.98 Å². The smallest absolute Gasteiger partial charge is 0.178 e. The van der Waals surface area contributed by atoms with Crippen molar-refractivity contribution in [2.45, 2.75) is 31.9 Å². The Balaban J connectivity index is 2.03. The minimum atomic E-state index is -0.649. The summed E-state index contributed by atoms with van der Waals surface area (Å²) in [5.74, 6) is 0.645. The second kappa shape index (κ2) is 4.82. The number of hydrogen-bond donors (Lipinski definition) is 1. The van der Waals surface area contributed by atoms with Crippen LogP contribution in [0, 0.1) is 0 Å². The molecule has 0 bridgehead atoms. The number of aliphatic hydroxyl groups excluding tert-OH is 1. The predicted octanol–water partition coefficient (Wildman–Crippen LogP) is 2.58. The van der Waals surface area contributed by atoms with Gasteiger partial charge in [0.05, 0.1) is 25.1 Å². The van der Waals surface area contributed by atoms with Crippen LogP contribution in [0.4, 0.5) is 0 Å². The first-order valence-corrected chi connectivity index (χ1v) is 7.25. The number of aromatic nitrogens is 3. The Kier molecular flexibility index (Phi) is 2.94. The van der Waals surface area contributed by atoms with Crippen molar-refractivity contribution in [1.29, 1.82) is 0 Å². The fourth-order valence-electron chi connectivity index (χ4n) is 3.09. The fourth-order valence-corrected chi connectivity index (χ4v) is 3.09. The largest absolute Gasteiger partial charge is 0.460 e. The molecule has 0 amide bonds. The Morgan fingerprint density at radius 3 is 3.10 bits per heavy atom. The number of aliphatic hydroxyl groups is 1. The van der Waals surface area contributed by atoms with Crippen LogP contribution in [0.2, 0.25) is 0 Å². The van der Waals surface area contributed by atoms with Crippen LogP contribution in [0.5, 0.6) is 0 Å². The third-order valence-electron chi connectivity index (χ3n) is 4.03. The number of nitrogens with zero attached hydrogens (tertiary/aromatic N) is 3. The van der Waals surface area contributed by atoms with E-state index in [9.17, 15) is 5.11 Å². The molecule has 1 saturated heterocycles. The topological polar surface area (TPSA) is 73.3 Å². The van der Waals surface area contributed by atoms with E-state index in [0.717, 1.165) is 41.6 Å². The van der Waals surface area contributed by atoms with E-state index >= 15 is 0 Å². The normalized spacial score (nSPS) is 21.1. The van der Waals surface area contributed by atoms with Crippen molar-refractivity contribution >= 4 is 22.1 Å². The molecule has 6 heteroatoms. The van der Waals surface area contributed by atoms with Gasteiger partial charge in [-0.1, -0.05) is 0 Å². The van der Waals surface area contributed by atoms with Gasteiger partial charge in [-0.2, -0.15) is 0 Å². The number of hydrogen-bond acceptors (Lipinski definition) is 5. The van der Waals surface area contributed by atoms with Crippen molar-refractivity contribution < 1.29 is 14.3 Å². The molecule has 3 aromatic heterocycles. The highest BCUT2D eigenvalue weighted by Gasteiger charge is 2.26. The third kappa shape index (κ3) is 1.94. The van der Waals surface area contributed by atoms with Crippen molar-refractivity contribution in [3.05, 3.63) is 24.4 Å². The molecule has 0 radical (unpaired) electrons. The average Bonchev–Trinajstić information content (AvgIpc) is 3.11. The Hall–Kier alpha value is -1.92. The summed E-state index contributed by atoms with van der Waals surface area (Å²) in [6.45, 7) is 3.16. The summed E-state index contributed by atoms with van der Waals surface area (Å²) in [4.78, 5) is 8.90. The van der Waals surface area contributed by atoms with E-state index in [1.165, 1.54) is 0 Å². The maximum atomic E-state index is 10.1. The van der Waals surface area contributed by atoms with Gasteiger partial charge in [-0.05, 0) is 19.8 Å². The van der Waals surface area contributed by atoms with Crippen molar-refractivity contribution in [2.75, 3.05) is 13.2 Å². The molecule has 110 valence electrons. The predicted molar refractivity (Wildman–Crippen MR) is 77.0 cm³/mol. The van der Waals surface area contributed by atoms with E-state index in [1.54, 1.807) is 19.4 Å². The fraction of sp³-hybridized carbons (Fsp3) is 0.467. The molecule has 0 saturated carbocycles. The summed E-state index contributed by atoms with van der Waals surface area (Å²) < 4.78 is 13.3. The van der Waals surface area contributed by atoms with Crippen LogP contribution in [0.3, 0.4) is 0 Å². The second-order valence-electron chi connectivity index (χ2n) is 5.51.